The maximum absolute atomic E-state index is 12.4. The van der Waals surface area contributed by atoms with Crippen LogP contribution in [0.2, 0.25) is 0 Å². The zero-order chi connectivity index (χ0) is 14.6. The molecule has 6 heteroatoms. The van der Waals surface area contributed by atoms with E-state index in [0.717, 1.165) is 4.90 Å². The molecule has 20 heavy (non-hydrogen) atoms. The van der Waals surface area contributed by atoms with E-state index in [0.29, 0.717) is 11.4 Å². The first-order valence-corrected chi connectivity index (χ1v) is 8.58. The van der Waals surface area contributed by atoms with Crippen LogP contribution in [0.1, 0.15) is 0 Å². The molecule has 0 unspecified atom stereocenters. The van der Waals surface area contributed by atoms with Crippen LogP contribution in [0.25, 0.3) is 0 Å². The molecular formula is C14H15NO3S2. The number of thioether (sulfide) groups is 1. The standard InChI is InChI=1S/C14H15NO3S2/c1-18-12-8-4-6-10-14(12)20(16,17)15-11-7-3-5-9-13(11)19-2/h3-10,15H,1-2H3. The number of benzene rings is 2. The highest BCUT2D eigenvalue weighted by atomic mass is 32.2. The van der Waals surface area contributed by atoms with Gasteiger partial charge in [-0.3, -0.25) is 4.72 Å². The highest BCUT2D eigenvalue weighted by Gasteiger charge is 2.19. The number of hydrogen-bond acceptors (Lipinski definition) is 4. The van der Waals surface area contributed by atoms with Gasteiger partial charge in [-0.2, -0.15) is 0 Å². The van der Waals surface area contributed by atoms with Crippen molar-refractivity contribution in [3.8, 4) is 5.75 Å². The molecule has 0 bridgehead atoms. The van der Waals surface area contributed by atoms with Gasteiger partial charge in [0.1, 0.15) is 10.6 Å². The predicted octanol–water partition coefficient (Wildman–Crippen LogP) is 3.22. The normalized spacial score (nSPS) is 11.1. The first-order valence-electron chi connectivity index (χ1n) is 5.87. The summed E-state index contributed by atoms with van der Waals surface area (Å²) in [6.45, 7) is 0. The molecule has 0 amide bonds. The summed E-state index contributed by atoms with van der Waals surface area (Å²) in [7, 11) is -2.23. The largest absolute Gasteiger partial charge is 0.495 e. The fourth-order valence-corrected chi connectivity index (χ4v) is 3.64. The van der Waals surface area contributed by atoms with Gasteiger partial charge in [0, 0.05) is 4.90 Å². The van der Waals surface area contributed by atoms with E-state index in [9.17, 15) is 8.42 Å². The second kappa shape index (κ2) is 6.19. The molecule has 2 rings (SSSR count). The number of ether oxygens (including phenoxy) is 1. The maximum Gasteiger partial charge on any atom is 0.265 e. The van der Waals surface area contributed by atoms with Gasteiger partial charge < -0.3 is 4.74 Å². The topological polar surface area (TPSA) is 55.4 Å². The van der Waals surface area contributed by atoms with Crippen LogP contribution < -0.4 is 9.46 Å². The van der Waals surface area contributed by atoms with Crippen molar-refractivity contribution in [2.24, 2.45) is 0 Å². The summed E-state index contributed by atoms with van der Waals surface area (Å²) in [4.78, 5) is 0.990. The van der Waals surface area contributed by atoms with Crippen molar-refractivity contribution in [1.82, 2.24) is 0 Å². The van der Waals surface area contributed by atoms with Crippen LogP contribution >= 0.6 is 11.8 Å². The molecule has 0 saturated carbocycles. The number of anilines is 1. The summed E-state index contributed by atoms with van der Waals surface area (Å²) in [6, 6.07) is 13.8. The summed E-state index contributed by atoms with van der Waals surface area (Å²) < 4.78 is 32.6. The Kier molecular flexibility index (Phi) is 4.57. The van der Waals surface area contributed by atoms with Crippen LogP contribution in [-0.2, 0) is 10.0 Å². The molecule has 1 N–H and O–H groups in total. The quantitative estimate of drug-likeness (QED) is 0.862. The lowest BCUT2D eigenvalue weighted by molar-refractivity contribution is 0.403. The Morgan fingerprint density at radius 1 is 1.05 bits per heavy atom. The van der Waals surface area contributed by atoms with Gasteiger partial charge in [0.2, 0.25) is 0 Å². The van der Waals surface area contributed by atoms with Crippen molar-refractivity contribution in [3.63, 3.8) is 0 Å². The average Bonchev–Trinajstić information content (AvgIpc) is 2.47. The number of nitrogens with one attached hydrogen (secondary N) is 1. The van der Waals surface area contributed by atoms with Crippen LogP contribution in [0.5, 0.6) is 5.75 Å². The molecule has 4 nitrogen and oxygen atoms in total. The van der Waals surface area contributed by atoms with Crippen molar-refractivity contribution < 1.29 is 13.2 Å². The molecule has 0 saturated heterocycles. The maximum atomic E-state index is 12.4. The van der Waals surface area contributed by atoms with Gasteiger partial charge >= 0.3 is 0 Å². The van der Waals surface area contributed by atoms with E-state index >= 15 is 0 Å². The minimum atomic E-state index is -3.68. The lowest BCUT2D eigenvalue weighted by atomic mass is 10.3. The van der Waals surface area contributed by atoms with Crippen LogP contribution in [0.4, 0.5) is 5.69 Å². The highest BCUT2D eigenvalue weighted by molar-refractivity contribution is 7.99. The van der Waals surface area contributed by atoms with E-state index in [1.165, 1.54) is 24.9 Å². The zero-order valence-electron chi connectivity index (χ0n) is 11.2. The summed E-state index contributed by atoms with van der Waals surface area (Å²) in [6.07, 6.45) is 1.90. The smallest absolute Gasteiger partial charge is 0.265 e. The van der Waals surface area contributed by atoms with Gasteiger partial charge in [0.05, 0.1) is 12.8 Å². The molecule has 0 aliphatic rings. The summed E-state index contributed by atoms with van der Waals surface area (Å²) in [5.74, 6) is 0.321. The van der Waals surface area contributed by atoms with Gasteiger partial charge in [-0.05, 0) is 30.5 Å². The second-order valence-corrected chi connectivity index (χ2v) is 6.46. The second-order valence-electron chi connectivity index (χ2n) is 3.96. The Morgan fingerprint density at radius 3 is 2.40 bits per heavy atom. The molecule has 0 fully saturated rings. The van der Waals surface area contributed by atoms with Crippen molar-refractivity contribution in [2.75, 3.05) is 18.1 Å². The fraction of sp³-hybridized carbons (Fsp3) is 0.143. The van der Waals surface area contributed by atoms with Crippen molar-refractivity contribution in [2.45, 2.75) is 9.79 Å². The monoisotopic (exact) mass is 309 g/mol. The first-order chi connectivity index (χ1) is 9.58. The molecule has 0 radical (unpaired) electrons. The molecule has 0 aromatic heterocycles. The predicted molar refractivity (Wildman–Crippen MR) is 82.0 cm³/mol. The molecule has 0 atom stereocenters. The Morgan fingerprint density at radius 2 is 1.70 bits per heavy atom. The minimum absolute atomic E-state index is 0.124. The summed E-state index contributed by atoms with van der Waals surface area (Å²) >= 11 is 1.48. The molecule has 2 aromatic rings. The third-order valence-electron chi connectivity index (χ3n) is 2.71. The number of sulfonamides is 1. The van der Waals surface area contributed by atoms with E-state index in [4.69, 9.17) is 4.74 Å². The zero-order valence-corrected chi connectivity index (χ0v) is 12.8. The Hall–Kier alpha value is -1.66. The first kappa shape index (κ1) is 14.7. The Labute approximate surface area is 123 Å². The van der Waals surface area contributed by atoms with Gasteiger partial charge in [-0.1, -0.05) is 24.3 Å². The van der Waals surface area contributed by atoms with Gasteiger partial charge in [0.15, 0.2) is 0 Å². The van der Waals surface area contributed by atoms with E-state index in [1.807, 2.05) is 18.4 Å². The summed E-state index contributed by atoms with van der Waals surface area (Å²) in [5, 5.41) is 0. The van der Waals surface area contributed by atoms with E-state index in [2.05, 4.69) is 4.72 Å². The highest BCUT2D eigenvalue weighted by Crippen LogP contribution is 2.29. The Balaban J connectivity index is 2.41. The van der Waals surface area contributed by atoms with Crippen molar-refractivity contribution in [3.05, 3.63) is 48.5 Å². The third-order valence-corrected chi connectivity index (χ3v) is 4.91. The SMILES string of the molecule is COc1ccccc1S(=O)(=O)Nc1ccccc1SC. The number of hydrogen-bond donors (Lipinski definition) is 1. The molecule has 0 heterocycles. The molecule has 106 valence electrons. The van der Waals surface area contributed by atoms with E-state index in [1.54, 1.807) is 30.3 Å². The number of methoxy groups -OCH3 is 1. The van der Waals surface area contributed by atoms with E-state index in [-0.39, 0.29) is 4.90 Å². The number of rotatable bonds is 5. The van der Waals surface area contributed by atoms with E-state index < -0.39 is 10.0 Å². The average molecular weight is 309 g/mol. The van der Waals surface area contributed by atoms with Gasteiger partial charge in [0.25, 0.3) is 10.0 Å². The van der Waals surface area contributed by atoms with Gasteiger partial charge in [-0.15, -0.1) is 11.8 Å². The van der Waals surface area contributed by atoms with Crippen LogP contribution in [0, 0.1) is 0 Å². The lowest BCUT2D eigenvalue weighted by Crippen LogP contribution is -2.14. The third kappa shape index (κ3) is 3.08. The van der Waals surface area contributed by atoms with Crippen molar-refractivity contribution >= 4 is 27.5 Å². The molecular weight excluding hydrogens is 294 g/mol. The van der Waals surface area contributed by atoms with Crippen molar-refractivity contribution in [1.29, 1.82) is 0 Å². The van der Waals surface area contributed by atoms with Crippen LogP contribution in [-0.4, -0.2) is 21.8 Å². The summed E-state index contributed by atoms with van der Waals surface area (Å²) in [5.41, 5.74) is 0.561. The lowest BCUT2D eigenvalue weighted by Gasteiger charge is -2.13. The Bertz CT molecular complexity index is 699. The number of para-hydroxylation sites is 2. The minimum Gasteiger partial charge on any atom is -0.495 e. The van der Waals surface area contributed by atoms with Gasteiger partial charge in [-0.25, -0.2) is 8.42 Å². The molecule has 0 aliphatic heterocycles. The molecule has 0 spiro atoms. The van der Waals surface area contributed by atoms with Crippen LogP contribution in [0.15, 0.2) is 58.3 Å². The fourth-order valence-electron chi connectivity index (χ4n) is 1.77. The van der Waals surface area contributed by atoms with Crippen LogP contribution in [0.3, 0.4) is 0 Å². The molecule has 2 aromatic carbocycles. The molecule has 0 aliphatic carbocycles.